The molecule has 1 fully saturated rings. The quantitative estimate of drug-likeness (QED) is 0.324. The molecule has 1 aromatic carbocycles. The van der Waals surface area contributed by atoms with Crippen LogP contribution in [-0.2, 0) is 4.79 Å². The van der Waals surface area contributed by atoms with Crippen molar-refractivity contribution in [1.82, 2.24) is 9.47 Å². The third kappa shape index (κ3) is 3.99. The third-order valence-electron chi connectivity index (χ3n) is 4.88. The van der Waals surface area contributed by atoms with E-state index in [0.717, 1.165) is 23.7 Å². The Kier molecular flexibility index (Phi) is 5.65. The van der Waals surface area contributed by atoms with Crippen molar-refractivity contribution in [3.63, 3.8) is 0 Å². The number of amides is 1. The predicted octanol–water partition coefficient (Wildman–Crippen LogP) is -0.463. The van der Waals surface area contributed by atoms with Crippen molar-refractivity contribution in [2.75, 3.05) is 33.2 Å². The van der Waals surface area contributed by atoms with Crippen LogP contribution in [-0.4, -0.2) is 59.3 Å². The van der Waals surface area contributed by atoms with Gasteiger partial charge in [-0.15, -0.1) is 0 Å². The Labute approximate surface area is 160 Å². The fraction of sp³-hybridized carbons (Fsp3) is 0.316. The minimum absolute atomic E-state index is 0.0167. The first kappa shape index (κ1) is 19.4. The maximum atomic E-state index is 13.2. The molecule has 1 aromatic heterocycles. The van der Waals surface area contributed by atoms with Gasteiger partial charge in [0, 0.05) is 30.0 Å². The number of hydrogen-bond acceptors (Lipinski definition) is 5. The summed E-state index contributed by atoms with van der Waals surface area (Å²) >= 11 is 0. The van der Waals surface area contributed by atoms with Crippen molar-refractivity contribution in [3.05, 3.63) is 74.7 Å². The van der Waals surface area contributed by atoms with E-state index >= 15 is 0 Å². The summed E-state index contributed by atoms with van der Waals surface area (Å²) in [6.07, 6.45) is 1.39. The number of ketones is 1. The maximum Gasteiger partial charge on any atom is 0.270 e. The molecule has 9 heteroatoms. The van der Waals surface area contributed by atoms with Crippen LogP contribution in [0, 0.1) is 10.1 Å². The monoisotopic (exact) mass is 385 g/mol. The van der Waals surface area contributed by atoms with Crippen molar-refractivity contribution in [2.45, 2.75) is 6.04 Å². The number of carbonyl (C=O) groups excluding carboxylic acids is 2. The van der Waals surface area contributed by atoms with Gasteiger partial charge >= 0.3 is 0 Å². The summed E-state index contributed by atoms with van der Waals surface area (Å²) < 4.78 is 1.09. The van der Waals surface area contributed by atoms with Crippen molar-refractivity contribution < 1.29 is 19.4 Å². The second kappa shape index (κ2) is 8.13. The Morgan fingerprint density at radius 3 is 2.50 bits per heavy atom. The van der Waals surface area contributed by atoms with Gasteiger partial charge in [-0.05, 0) is 6.07 Å². The fourth-order valence-electron chi connectivity index (χ4n) is 3.22. The minimum atomic E-state index is -1.39. The molecular formula is C19H21N4O5+. The van der Waals surface area contributed by atoms with E-state index in [4.69, 9.17) is 0 Å². The largest absolute Gasteiger partial charge is 0.334 e. The van der Waals surface area contributed by atoms with E-state index < -0.39 is 28.2 Å². The lowest BCUT2D eigenvalue weighted by Gasteiger charge is -2.32. The van der Waals surface area contributed by atoms with Gasteiger partial charge in [0.2, 0.25) is 0 Å². The third-order valence-corrected chi connectivity index (χ3v) is 4.88. The highest BCUT2D eigenvalue weighted by molar-refractivity contribution is 6.12. The van der Waals surface area contributed by atoms with Crippen LogP contribution in [0.15, 0.2) is 53.5 Å². The number of aromatic nitrogens is 1. The van der Waals surface area contributed by atoms with E-state index in [-0.39, 0.29) is 11.3 Å². The molecule has 146 valence electrons. The normalized spacial score (nSPS) is 15.8. The number of piperazine rings is 1. The van der Waals surface area contributed by atoms with E-state index in [1.165, 1.54) is 41.4 Å². The number of pyridine rings is 1. The molecule has 1 aliphatic rings. The molecule has 2 heterocycles. The van der Waals surface area contributed by atoms with E-state index in [1.54, 1.807) is 11.0 Å². The second-order valence-electron chi connectivity index (χ2n) is 6.80. The molecule has 1 amide bonds. The average Bonchev–Trinajstić information content (AvgIpc) is 2.70. The highest BCUT2D eigenvalue weighted by atomic mass is 16.6. The molecule has 1 atom stereocenters. The van der Waals surface area contributed by atoms with Crippen molar-refractivity contribution in [3.8, 4) is 0 Å². The highest BCUT2D eigenvalue weighted by Gasteiger charge is 2.35. The van der Waals surface area contributed by atoms with Crippen molar-refractivity contribution in [1.29, 1.82) is 0 Å². The van der Waals surface area contributed by atoms with Crippen LogP contribution in [0.1, 0.15) is 16.4 Å². The van der Waals surface area contributed by atoms with E-state index in [0.29, 0.717) is 13.1 Å². The lowest BCUT2D eigenvalue weighted by atomic mass is 10.0. The predicted molar refractivity (Wildman–Crippen MR) is 100 cm³/mol. The molecule has 1 N–H and O–H groups in total. The van der Waals surface area contributed by atoms with Crippen LogP contribution >= 0.6 is 0 Å². The summed E-state index contributed by atoms with van der Waals surface area (Å²) in [7, 11) is 2.02. The molecule has 0 radical (unpaired) electrons. The number of nitrogens with one attached hydrogen (secondary N) is 1. The fourth-order valence-corrected chi connectivity index (χ4v) is 3.22. The van der Waals surface area contributed by atoms with Gasteiger partial charge in [-0.1, -0.05) is 18.2 Å². The summed E-state index contributed by atoms with van der Waals surface area (Å²) in [4.78, 5) is 52.0. The number of nitro benzene ring substituents is 1. The molecule has 0 unspecified atom stereocenters. The Balaban J connectivity index is 2.01. The van der Waals surface area contributed by atoms with Gasteiger partial charge in [0.1, 0.15) is 0 Å². The molecule has 0 saturated carbocycles. The van der Waals surface area contributed by atoms with Crippen molar-refractivity contribution >= 4 is 17.4 Å². The van der Waals surface area contributed by atoms with Gasteiger partial charge in [0.05, 0.1) is 38.2 Å². The number of benzene rings is 1. The zero-order valence-corrected chi connectivity index (χ0v) is 15.4. The number of carbonyl (C=O) groups is 2. The summed E-state index contributed by atoms with van der Waals surface area (Å²) in [5.41, 5.74) is -0.719. The van der Waals surface area contributed by atoms with Gasteiger partial charge in [0.15, 0.2) is 11.8 Å². The number of nitrogens with zero attached hydrogens (tertiary/aromatic N) is 3. The van der Waals surface area contributed by atoms with Gasteiger partial charge in [-0.2, -0.15) is 0 Å². The second-order valence-corrected chi connectivity index (χ2v) is 6.80. The number of likely N-dealkylation sites (N-methyl/N-ethyl adjacent to an activating group) is 1. The van der Waals surface area contributed by atoms with Crippen LogP contribution in [0.2, 0.25) is 0 Å². The number of Topliss-reactive ketones (excluding diaryl/α,β-unsaturated/α-hetero) is 1. The van der Waals surface area contributed by atoms with E-state index in [2.05, 4.69) is 0 Å². The lowest BCUT2D eigenvalue weighted by Crippen LogP contribution is -3.12. The van der Waals surface area contributed by atoms with Gasteiger partial charge in [-0.3, -0.25) is 29.1 Å². The minimum Gasteiger partial charge on any atom is -0.334 e. The Morgan fingerprint density at radius 1 is 1.14 bits per heavy atom. The number of non-ortho nitro benzene ring substituents is 1. The van der Waals surface area contributed by atoms with Gasteiger partial charge in [0.25, 0.3) is 17.2 Å². The Hall–Kier alpha value is -3.33. The first-order valence-electron chi connectivity index (χ1n) is 8.94. The average molecular weight is 385 g/mol. The van der Waals surface area contributed by atoms with E-state index in [9.17, 15) is 24.5 Å². The van der Waals surface area contributed by atoms with E-state index in [1.807, 2.05) is 7.05 Å². The molecular weight excluding hydrogens is 364 g/mol. The molecule has 2 aromatic rings. The molecule has 0 aliphatic carbocycles. The number of rotatable bonds is 5. The number of nitro groups is 1. The molecule has 0 bridgehead atoms. The smallest absolute Gasteiger partial charge is 0.270 e. The standard InChI is InChI=1S/C19H20N4O5/c1-20-9-11-21(12-10-20)19(26)17(22-8-3-2-7-16(22)24)18(25)14-5-4-6-15(13-14)23(27)28/h2-8,13,17H,9-12H2,1H3/p+1/t17-/m1/s1. The summed E-state index contributed by atoms with van der Waals surface area (Å²) in [5, 5.41) is 11.0. The zero-order valence-electron chi connectivity index (χ0n) is 15.4. The van der Waals surface area contributed by atoms with Gasteiger partial charge in [-0.25, -0.2) is 0 Å². The summed E-state index contributed by atoms with van der Waals surface area (Å²) in [5.74, 6) is -1.12. The summed E-state index contributed by atoms with van der Waals surface area (Å²) in [6.45, 7) is 2.44. The first-order valence-corrected chi connectivity index (χ1v) is 8.94. The zero-order chi connectivity index (χ0) is 20.3. The van der Waals surface area contributed by atoms with Crippen LogP contribution < -0.4 is 10.5 Å². The Morgan fingerprint density at radius 2 is 1.86 bits per heavy atom. The topological polar surface area (TPSA) is 107 Å². The number of hydrogen-bond donors (Lipinski definition) is 1. The van der Waals surface area contributed by atoms with Crippen LogP contribution in [0.25, 0.3) is 0 Å². The van der Waals surface area contributed by atoms with Crippen LogP contribution in [0.3, 0.4) is 0 Å². The molecule has 1 saturated heterocycles. The van der Waals surface area contributed by atoms with Crippen LogP contribution in [0.5, 0.6) is 0 Å². The molecule has 3 rings (SSSR count). The van der Waals surface area contributed by atoms with Crippen molar-refractivity contribution in [2.24, 2.45) is 0 Å². The molecule has 0 spiro atoms. The lowest BCUT2D eigenvalue weighted by molar-refractivity contribution is -0.883. The highest BCUT2D eigenvalue weighted by Crippen LogP contribution is 2.20. The number of quaternary nitrogens is 1. The van der Waals surface area contributed by atoms with Gasteiger partial charge < -0.3 is 9.80 Å². The first-order chi connectivity index (χ1) is 13.4. The Bertz CT molecular complexity index is 963. The molecule has 1 aliphatic heterocycles. The molecule has 9 nitrogen and oxygen atoms in total. The van der Waals surface area contributed by atoms with Crippen LogP contribution in [0.4, 0.5) is 5.69 Å². The molecule has 28 heavy (non-hydrogen) atoms. The SMILES string of the molecule is C[NH+]1CCN(C(=O)[C@@H](C(=O)c2cccc([N+](=O)[O-])c2)n2ccccc2=O)CC1. The summed E-state index contributed by atoms with van der Waals surface area (Å²) in [6, 6.07) is 8.17. The maximum absolute atomic E-state index is 13.2.